The van der Waals surface area contributed by atoms with E-state index in [1.54, 1.807) is 30.3 Å². The topological polar surface area (TPSA) is 142 Å². The van der Waals surface area contributed by atoms with Crippen LogP contribution in [0.3, 0.4) is 0 Å². The van der Waals surface area contributed by atoms with Gasteiger partial charge in [0.15, 0.2) is 11.5 Å². The number of carbonyl (C=O) groups is 3. The molecule has 0 saturated carbocycles. The van der Waals surface area contributed by atoms with Crippen molar-refractivity contribution in [3.8, 4) is 17.2 Å². The number of carbonyl (C=O) groups excluding carboxylic acids is 3. The third kappa shape index (κ3) is 5.21. The molecule has 0 saturated heterocycles. The second kappa shape index (κ2) is 10.1. The van der Waals surface area contributed by atoms with E-state index in [4.69, 9.17) is 19.9 Å². The Morgan fingerprint density at radius 1 is 1.09 bits per heavy atom. The second-order valence-electron chi connectivity index (χ2n) is 6.99. The van der Waals surface area contributed by atoms with Gasteiger partial charge in [-0.1, -0.05) is 11.8 Å². The number of nitrogens with zero attached hydrogens (tertiary/aromatic N) is 1. The fraction of sp³-hybridized carbons (Fsp3) is 0.130. The van der Waals surface area contributed by atoms with E-state index in [0.29, 0.717) is 28.0 Å². The minimum absolute atomic E-state index is 0.0201. The lowest BCUT2D eigenvalue weighted by molar-refractivity contribution is -0.113. The molecule has 3 aromatic rings. The molecule has 4 N–H and O–H groups in total. The third-order valence-electron chi connectivity index (χ3n) is 4.74. The van der Waals surface area contributed by atoms with Crippen molar-refractivity contribution >= 4 is 40.9 Å². The van der Waals surface area contributed by atoms with E-state index in [1.165, 1.54) is 31.5 Å². The minimum Gasteiger partial charge on any atom is -0.495 e. The lowest BCUT2D eigenvalue weighted by atomic mass is 10.1. The molecule has 0 atom stereocenters. The smallest absolute Gasteiger partial charge is 0.258 e. The van der Waals surface area contributed by atoms with Gasteiger partial charge in [0.1, 0.15) is 10.8 Å². The van der Waals surface area contributed by atoms with Gasteiger partial charge in [-0.05, 0) is 42.5 Å². The van der Waals surface area contributed by atoms with Gasteiger partial charge in [0.05, 0.1) is 24.1 Å². The molecule has 1 aliphatic heterocycles. The number of rotatable bonds is 8. The van der Waals surface area contributed by atoms with Gasteiger partial charge in [-0.25, -0.2) is 4.98 Å². The van der Waals surface area contributed by atoms with Crippen LogP contribution in [0.4, 0.5) is 11.4 Å². The van der Waals surface area contributed by atoms with E-state index < -0.39 is 11.8 Å². The van der Waals surface area contributed by atoms with Crippen LogP contribution in [0.15, 0.2) is 59.8 Å². The Hall–Kier alpha value is -4.25. The first kappa shape index (κ1) is 22.9. The number of hydrogen-bond acceptors (Lipinski definition) is 8. The number of hydrogen-bond donors (Lipinski definition) is 3. The van der Waals surface area contributed by atoms with Gasteiger partial charge >= 0.3 is 0 Å². The van der Waals surface area contributed by atoms with E-state index >= 15 is 0 Å². The number of nitrogens with one attached hydrogen (secondary N) is 2. The van der Waals surface area contributed by atoms with Crippen LogP contribution in [-0.2, 0) is 4.79 Å². The molecule has 174 valence electrons. The predicted octanol–water partition coefficient (Wildman–Crippen LogP) is 2.90. The summed E-state index contributed by atoms with van der Waals surface area (Å²) >= 11 is 1.11. The summed E-state index contributed by atoms with van der Waals surface area (Å²) in [5.74, 6) is 0.165. The molecule has 0 radical (unpaired) electrons. The molecule has 1 aliphatic rings. The Labute approximate surface area is 198 Å². The van der Waals surface area contributed by atoms with E-state index in [1.807, 2.05) is 0 Å². The fourth-order valence-electron chi connectivity index (χ4n) is 3.13. The highest BCUT2D eigenvalue weighted by Crippen LogP contribution is 2.34. The van der Waals surface area contributed by atoms with Crippen molar-refractivity contribution in [1.82, 2.24) is 4.98 Å². The van der Waals surface area contributed by atoms with Crippen LogP contribution in [0.25, 0.3) is 0 Å². The summed E-state index contributed by atoms with van der Waals surface area (Å²) in [6.45, 7) is 0.145. The minimum atomic E-state index is -0.635. The molecule has 3 amide bonds. The maximum absolute atomic E-state index is 13.0. The number of amides is 3. The summed E-state index contributed by atoms with van der Waals surface area (Å²) in [6.07, 6.45) is 1.53. The average Bonchev–Trinajstić information content (AvgIpc) is 3.30. The van der Waals surface area contributed by atoms with Gasteiger partial charge in [0.25, 0.3) is 5.91 Å². The Balaban J connectivity index is 1.43. The monoisotopic (exact) mass is 480 g/mol. The standard InChI is InChI=1S/C23H20N4O6S/c1-31-17-6-4-13(21(24)29)9-16(17)27-22(30)15-3-2-8-25-23(15)34-11-20(28)26-14-5-7-18-19(10-14)33-12-32-18/h2-10H,11-12H2,1H3,(H2,24,29)(H,26,28)(H,27,30). The van der Waals surface area contributed by atoms with Crippen molar-refractivity contribution in [2.75, 3.05) is 30.3 Å². The number of thioether (sulfide) groups is 1. The number of benzene rings is 2. The molecule has 0 bridgehead atoms. The fourth-order valence-corrected chi connectivity index (χ4v) is 3.92. The maximum atomic E-state index is 13.0. The molecule has 10 nitrogen and oxygen atoms in total. The zero-order chi connectivity index (χ0) is 24.1. The molecule has 2 heterocycles. The summed E-state index contributed by atoms with van der Waals surface area (Å²) in [7, 11) is 1.44. The molecule has 0 fully saturated rings. The van der Waals surface area contributed by atoms with Crippen molar-refractivity contribution in [1.29, 1.82) is 0 Å². The first-order chi connectivity index (χ1) is 16.4. The average molecular weight is 481 g/mol. The largest absolute Gasteiger partial charge is 0.495 e. The van der Waals surface area contributed by atoms with Gasteiger partial charge in [-0.2, -0.15) is 0 Å². The van der Waals surface area contributed by atoms with Crippen LogP contribution >= 0.6 is 11.8 Å². The van der Waals surface area contributed by atoms with Crippen molar-refractivity contribution in [2.24, 2.45) is 5.73 Å². The van der Waals surface area contributed by atoms with Crippen LogP contribution in [-0.4, -0.2) is 42.4 Å². The lowest BCUT2D eigenvalue weighted by Crippen LogP contribution is -2.17. The van der Waals surface area contributed by atoms with Crippen LogP contribution in [0.1, 0.15) is 20.7 Å². The first-order valence-corrected chi connectivity index (χ1v) is 11.0. The zero-order valence-corrected chi connectivity index (χ0v) is 18.8. The summed E-state index contributed by atoms with van der Waals surface area (Å²) in [6, 6.07) is 12.8. The van der Waals surface area contributed by atoms with E-state index in [9.17, 15) is 14.4 Å². The molecule has 1 aromatic heterocycles. The van der Waals surface area contributed by atoms with Crippen LogP contribution in [0.5, 0.6) is 17.2 Å². The predicted molar refractivity (Wildman–Crippen MR) is 126 cm³/mol. The Morgan fingerprint density at radius 2 is 1.91 bits per heavy atom. The molecule has 34 heavy (non-hydrogen) atoms. The number of aromatic nitrogens is 1. The van der Waals surface area contributed by atoms with Crippen molar-refractivity contribution in [3.63, 3.8) is 0 Å². The molecule has 0 unspecified atom stereocenters. The van der Waals surface area contributed by atoms with Crippen LogP contribution < -0.4 is 30.6 Å². The molecule has 4 rings (SSSR count). The summed E-state index contributed by atoms with van der Waals surface area (Å²) in [5, 5.41) is 5.86. The summed E-state index contributed by atoms with van der Waals surface area (Å²) in [4.78, 5) is 41.2. The normalized spacial score (nSPS) is 11.6. The molecular weight excluding hydrogens is 460 g/mol. The quantitative estimate of drug-likeness (QED) is 0.418. The molecule has 0 spiro atoms. The van der Waals surface area contributed by atoms with E-state index in [-0.39, 0.29) is 35.3 Å². The van der Waals surface area contributed by atoms with Gasteiger partial charge in [-0.15, -0.1) is 0 Å². The Kier molecular flexibility index (Phi) is 6.83. The lowest BCUT2D eigenvalue weighted by Gasteiger charge is -2.13. The molecule has 11 heteroatoms. The van der Waals surface area contributed by atoms with Crippen molar-refractivity contribution in [3.05, 3.63) is 65.9 Å². The highest BCUT2D eigenvalue weighted by atomic mass is 32.2. The molecular formula is C23H20N4O6S. The number of pyridine rings is 1. The third-order valence-corrected chi connectivity index (χ3v) is 5.75. The number of fused-ring (bicyclic) bond motifs is 1. The van der Waals surface area contributed by atoms with E-state index in [0.717, 1.165) is 11.8 Å². The Bertz CT molecular complexity index is 1270. The summed E-state index contributed by atoms with van der Waals surface area (Å²) < 4.78 is 15.8. The van der Waals surface area contributed by atoms with Gasteiger partial charge in [0, 0.05) is 23.5 Å². The second-order valence-corrected chi connectivity index (χ2v) is 7.96. The number of methoxy groups -OCH3 is 1. The highest BCUT2D eigenvalue weighted by molar-refractivity contribution is 8.00. The van der Waals surface area contributed by atoms with Crippen molar-refractivity contribution in [2.45, 2.75) is 5.03 Å². The SMILES string of the molecule is COc1ccc(C(N)=O)cc1NC(=O)c1cccnc1SCC(=O)Nc1ccc2c(c1)OCO2. The van der Waals surface area contributed by atoms with Gasteiger partial charge in [-0.3, -0.25) is 14.4 Å². The first-order valence-electron chi connectivity index (χ1n) is 10.0. The molecule has 2 aromatic carbocycles. The van der Waals surface area contributed by atoms with Crippen molar-refractivity contribution < 1.29 is 28.6 Å². The van der Waals surface area contributed by atoms with Crippen LogP contribution in [0, 0.1) is 0 Å². The Morgan fingerprint density at radius 3 is 2.71 bits per heavy atom. The number of nitrogens with two attached hydrogens (primary N) is 1. The number of primary amides is 1. The van der Waals surface area contributed by atoms with Gasteiger partial charge < -0.3 is 30.6 Å². The van der Waals surface area contributed by atoms with Crippen LogP contribution in [0.2, 0.25) is 0 Å². The highest BCUT2D eigenvalue weighted by Gasteiger charge is 2.18. The number of ether oxygens (including phenoxy) is 3. The van der Waals surface area contributed by atoms with Gasteiger partial charge in [0.2, 0.25) is 18.6 Å². The summed E-state index contributed by atoms with van der Waals surface area (Å²) in [5.41, 5.74) is 6.66. The van der Waals surface area contributed by atoms with E-state index in [2.05, 4.69) is 15.6 Å². The number of anilines is 2. The maximum Gasteiger partial charge on any atom is 0.258 e. The zero-order valence-electron chi connectivity index (χ0n) is 18.0. The molecule has 0 aliphatic carbocycles.